The van der Waals surface area contributed by atoms with Crippen LogP contribution in [-0.4, -0.2) is 52.1 Å². The lowest BCUT2D eigenvalue weighted by molar-refractivity contribution is 0.0758. The van der Waals surface area contributed by atoms with Crippen molar-refractivity contribution in [2.24, 2.45) is 0 Å². The number of methoxy groups -OCH3 is 1. The van der Waals surface area contributed by atoms with E-state index in [-0.39, 0.29) is 17.6 Å². The number of likely N-dealkylation sites (N-methyl/N-ethyl adjacent to an activating group) is 1. The van der Waals surface area contributed by atoms with E-state index in [4.69, 9.17) is 9.15 Å². The van der Waals surface area contributed by atoms with Gasteiger partial charge in [-0.1, -0.05) is 24.3 Å². The Labute approximate surface area is 132 Å². The van der Waals surface area contributed by atoms with Crippen LogP contribution < -0.4 is 4.74 Å². The zero-order chi connectivity index (χ0) is 16.4. The van der Waals surface area contributed by atoms with Crippen molar-refractivity contribution in [3.05, 3.63) is 35.9 Å². The molecule has 3 rings (SSSR count). The third kappa shape index (κ3) is 2.87. The number of aromatic amines is 1. The fraction of sp³-hybridized carbons (Fsp3) is 0.333. The van der Waals surface area contributed by atoms with Crippen molar-refractivity contribution in [2.75, 3.05) is 20.7 Å². The molecule has 120 valence electrons. The van der Waals surface area contributed by atoms with Crippen molar-refractivity contribution in [2.45, 2.75) is 12.8 Å². The Morgan fingerprint density at radius 3 is 3.00 bits per heavy atom. The van der Waals surface area contributed by atoms with Gasteiger partial charge in [0.25, 0.3) is 5.91 Å². The number of carbonyl (C=O) groups excluding carboxylic acids is 1. The third-order valence-corrected chi connectivity index (χ3v) is 3.64. The van der Waals surface area contributed by atoms with E-state index in [1.807, 2.05) is 19.1 Å². The van der Waals surface area contributed by atoms with Gasteiger partial charge in [0.1, 0.15) is 0 Å². The number of tetrazole rings is 1. The summed E-state index contributed by atoms with van der Waals surface area (Å²) in [5.74, 6) is 1.19. The van der Waals surface area contributed by atoms with Crippen molar-refractivity contribution in [3.8, 4) is 5.75 Å². The molecule has 0 aliphatic heterocycles. The molecule has 0 spiro atoms. The summed E-state index contributed by atoms with van der Waals surface area (Å²) in [7, 11) is 3.28. The summed E-state index contributed by atoms with van der Waals surface area (Å²) in [5, 5.41) is 14.6. The maximum absolute atomic E-state index is 12.5. The van der Waals surface area contributed by atoms with E-state index in [0.29, 0.717) is 23.7 Å². The highest BCUT2D eigenvalue weighted by molar-refractivity contribution is 5.97. The van der Waals surface area contributed by atoms with Gasteiger partial charge in [0.2, 0.25) is 0 Å². The molecule has 2 heterocycles. The first-order chi connectivity index (χ1) is 11.1. The Morgan fingerprint density at radius 1 is 1.48 bits per heavy atom. The molecule has 3 aromatic rings. The minimum atomic E-state index is -0.210. The van der Waals surface area contributed by atoms with Gasteiger partial charge in [-0.05, 0) is 12.1 Å². The van der Waals surface area contributed by atoms with Crippen LogP contribution in [0, 0.1) is 0 Å². The molecule has 8 heteroatoms. The quantitative estimate of drug-likeness (QED) is 0.771. The number of hydrogen-bond donors (Lipinski definition) is 1. The number of nitrogens with one attached hydrogen (secondary N) is 1. The Bertz CT molecular complexity index is 812. The number of carbonyl (C=O) groups is 1. The van der Waals surface area contributed by atoms with Crippen LogP contribution in [0.25, 0.3) is 11.0 Å². The second-order valence-electron chi connectivity index (χ2n) is 5.35. The SMILES string of the molecule is COc1cccc2cc(C(=O)N(C)C[C@H](C)c3nn[nH]n3)oc12. The largest absolute Gasteiger partial charge is 0.493 e. The topological polar surface area (TPSA) is 97.1 Å². The minimum Gasteiger partial charge on any atom is -0.493 e. The monoisotopic (exact) mass is 315 g/mol. The van der Waals surface area contributed by atoms with Crippen LogP contribution >= 0.6 is 0 Å². The van der Waals surface area contributed by atoms with Crippen molar-refractivity contribution < 1.29 is 13.9 Å². The average Bonchev–Trinajstić information content (AvgIpc) is 3.22. The van der Waals surface area contributed by atoms with Crippen molar-refractivity contribution in [3.63, 3.8) is 0 Å². The number of furan rings is 1. The molecule has 1 aromatic carbocycles. The summed E-state index contributed by atoms with van der Waals surface area (Å²) in [6.45, 7) is 2.38. The summed E-state index contributed by atoms with van der Waals surface area (Å²) >= 11 is 0. The van der Waals surface area contributed by atoms with Crippen molar-refractivity contribution >= 4 is 16.9 Å². The van der Waals surface area contributed by atoms with Crippen LogP contribution in [0.2, 0.25) is 0 Å². The second kappa shape index (κ2) is 6.07. The number of fused-ring (bicyclic) bond motifs is 1. The Kier molecular flexibility index (Phi) is 3.96. The van der Waals surface area contributed by atoms with Gasteiger partial charge in [-0.3, -0.25) is 4.79 Å². The van der Waals surface area contributed by atoms with Crippen LogP contribution in [0.1, 0.15) is 29.2 Å². The average molecular weight is 315 g/mol. The number of hydrogen-bond acceptors (Lipinski definition) is 6. The summed E-state index contributed by atoms with van der Waals surface area (Å²) in [6, 6.07) is 7.24. The molecule has 0 bridgehead atoms. The fourth-order valence-electron chi connectivity index (χ4n) is 2.44. The van der Waals surface area contributed by atoms with Crippen LogP contribution in [0.3, 0.4) is 0 Å². The maximum Gasteiger partial charge on any atom is 0.289 e. The first-order valence-electron chi connectivity index (χ1n) is 7.15. The first kappa shape index (κ1) is 15.0. The fourth-order valence-corrected chi connectivity index (χ4v) is 2.44. The summed E-state index contributed by atoms with van der Waals surface area (Å²) in [4.78, 5) is 14.1. The van der Waals surface area contributed by atoms with Crippen molar-refractivity contribution in [1.82, 2.24) is 25.5 Å². The van der Waals surface area contributed by atoms with Crippen LogP contribution in [0.4, 0.5) is 0 Å². The molecular weight excluding hydrogens is 298 g/mol. The van der Waals surface area contributed by atoms with E-state index in [1.165, 1.54) is 0 Å². The number of ether oxygens (including phenoxy) is 1. The van der Waals surface area contributed by atoms with E-state index in [2.05, 4.69) is 20.6 Å². The predicted octanol–water partition coefficient (Wildman–Crippen LogP) is 1.83. The lowest BCUT2D eigenvalue weighted by atomic mass is 10.1. The number of rotatable bonds is 5. The molecule has 1 amide bonds. The number of benzene rings is 1. The first-order valence-corrected chi connectivity index (χ1v) is 7.15. The molecule has 8 nitrogen and oxygen atoms in total. The number of amides is 1. The Hall–Kier alpha value is -2.90. The molecule has 1 N–H and O–H groups in total. The van der Waals surface area contributed by atoms with Gasteiger partial charge < -0.3 is 14.1 Å². The molecule has 2 aromatic heterocycles. The third-order valence-electron chi connectivity index (χ3n) is 3.64. The molecular formula is C15H17N5O3. The highest BCUT2D eigenvalue weighted by Crippen LogP contribution is 2.29. The van der Waals surface area contributed by atoms with Crippen LogP contribution in [-0.2, 0) is 0 Å². The van der Waals surface area contributed by atoms with E-state index in [0.717, 1.165) is 5.39 Å². The highest BCUT2D eigenvalue weighted by atomic mass is 16.5. The van der Waals surface area contributed by atoms with Crippen LogP contribution in [0.5, 0.6) is 5.75 Å². The number of para-hydroxylation sites is 1. The van der Waals surface area contributed by atoms with Gasteiger partial charge in [-0.2, -0.15) is 5.21 Å². The summed E-state index contributed by atoms with van der Waals surface area (Å²) < 4.78 is 10.9. The van der Waals surface area contributed by atoms with Gasteiger partial charge in [0, 0.05) is 24.9 Å². The Morgan fingerprint density at radius 2 is 2.30 bits per heavy atom. The molecule has 0 aliphatic carbocycles. The lowest BCUT2D eigenvalue weighted by Gasteiger charge is -2.18. The molecule has 0 radical (unpaired) electrons. The van der Waals surface area contributed by atoms with Gasteiger partial charge in [0.15, 0.2) is 22.9 Å². The standard InChI is InChI=1S/C15H17N5O3/c1-9(14-16-18-19-17-14)8-20(2)15(21)12-7-10-5-4-6-11(22-3)13(10)23-12/h4-7,9H,8H2,1-3H3,(H,16,17,18,19)/t9-/m0/s1. The van der Waals surface area contributed by atoms with Gasteiger partial charge in [-0.15, -0.1) is 10.2 Å². The molecule has 0 saturated carbocycles. The zero-order valence-electron chi connectivity index (χ0n) is 13.1. The number of nitrogens with zero attached hydrogens (tertiary/aromatic N) is 4. The molecule has 0 aliphatic rings. The lowest BCUT2D eigenvalue weighted by Crippen LogP contribution is -2.30. The molecule has 0 fully saturated rings. The summed E-state index contributed by atoms with van der Waals surface area (Å²) in [6.07, 6.45) is 0. The van der Waals surface area contributed by atoms with Crippen molar-refractivity contribution in [1.29, 1.82) is 0 Å². The minimum absolute atomic E-state index is 0.0402. The van der Waals surface area contributed by atoms with E-state index in [1.54, 1.807) is 31.2 Å². The van der Waals surface area contributed by atoms with E-state index >= 15 is 0 Å². The second-order valence-corrected chi connectivity index (χ2v) is 5.35. The van der Waals surface area contributed by atoms with Gasteiger partial charge in [0.05, 0.1) is 7.11 Å². The highest BCUT2D eigenvalue weighted by Gasteiger charge is 2.21. The molecule has 23 heavy (non-hydrogen) atoms. The van der Waals surface area contributed by atoms with E-state index < -0.39 is 0 Å². The zero-order valence-corrected chi connectivity index (χ0v) is 13.1. The maximum atomic E-state index is 12.5. The normalized spacial score (nSPS) is 12.3. The predicted molar refractivity (Wildman–Crippen MR) is 82.3 cm³/mol. The van der Waals surface area contributed by atoms with Crippen LogP contribution in [0.15, 0.2) is 28.7 Å². The number of aromatic nitrogens is 4. The van der Waals surface area contributed by atoms with E-state index in [9.17, 15) is 4.79 Å². The molecule has 0 unspecified atom stereocenters. The smallest absolute Gasteiger partial charge is 0.289 e. The summed E-state index contributed by atoms with van der Waals surface area (Å²) in [5.41, 5.74) is 0.568. The molecule has 1 atom stereocenters. The molecule has 0 saturated heterocycles. The van der Waals surface area contributed by atoms with Gasteiger partial charge in [-0.25, -0.2) is 0 Å². The van der Waals surface area contributed by atoms with Gasteiger partial charge >= 0.3 is 0 Å². The Balaban J connectivity index is 1.79. The number of H-pyrrole nitrogens is 1.